The van der Waals surface area contributed by atoms with Crippen LogP contribution in [-0.2, 0) is 15.8 Å². The van der Waals surface area contributed by atoms with Crippen molar-refractivity contribution >= 4 is 21.7 Å². The first-order chi connectivity index (χ1) is 11.4. The van der Waals surface area contributed by atoms with Crippen LogP contribution in [0.3, 0.4) is 0 Å². The SMILES string of the molecule is Cc1nc(N2CCCC2)nc(C)c1NS(=O)(=O)Cc1ccccc1. The summed E-state index contributed by atoms with van der Waals surface area (Å²) in [5.74, 6) is 0.620. The van der Waals surface area contributed by atoms with Crippen molar-refractivity contribution in [3.8, 4) is 0 Å². The monoisotopic (exact) mass is 346 g/mol. The lowest BCUT2D eigenvalue weighted by atomic mass is 10.2. The average Bonchev–Trinajstić information content (AvgIpc) is 3.06. The molecule has 1 saturated heterocycles. The number of aromatic nitrogens is 2. The van der Waals surface area contributed by atoms with Gasteiger partial charge in [-0.05, 0) is 32.3 Å². The number of hydrogen-bond donors (Lipinski definition) is 1. The number of hydrogen-bond acceptors (Lipinski definition) is 5. The van der Waals surface area contributed by atoms with Gasteiger partial charge in [0.2, 0.25) is 16.0 Å². The molecule has 128 valence electrons. The van der Waals surface area contributed by atoms with Gasteiger partial charge in [0.05, 0.1) is 22.8 Å². The van der Waals surface area contributed by atoms with E-state index < -0.39 is 10.0 Å². The summed E-state index contributed by atoms with van der Waals surface area (Å²) in [5, 5.41) is 0. The van der Waals surface area contributed by atoms with Gasteiger partial charge in [-0.15, -0.1) is 0 Å². The van der Waals surface area contributed by atoms with Crippen LogP contribution in [0.15, 0.2) is 30.3 Å². The van der Waals surface area contributed by atoms with Crippen molar-refractivity contribution in [3.63, 3.8) is 0 Å². The topological polar surface area (TPSA) is 75.2 Å². The van der Waals surface area contributed by atoms with E-state index in [1.54, 1.807) is 12.1 Å². The maximum absolute atomic E-state index is 12.4. The Bertz CT molecular complexity index is 793. The molecule has 1 N–H and O–H groups in total. The van der Waals surface area contributed by atoms with E-state index in [1.807, 2.05) is 32.0 Å². The number of rotatable bonds is 5. The first kappa shape index (κ1) is 16.7. The third kappa shape index (κ3) is 3.84. The molecular formula is C17H22N4O2S. The smallest absolute Gasteiger partial charge is 0.237 e. The van der Waals surface area contributed by atoms with Crippen molar-refractivity contribution in [2.75, 3.05) is 22.7 Å². The molecule has 2 heterocycles. The minimum atomic E-state index is -3.51. The summed E-state index contributed by atoms with van der Waals surface area (Å²) in [6.45, 7) is 5.54. The Balaban J connectivity index is 1.81. The van der Waals surface area contributed by atoms with Gasteiger partial charge in [0.25, 0.3) is 0 Å². The maximum Gasteiger partial charge on any atom is 0.237 e. The van der Waals surface area contributed by atoms with Crippen LogP contribution in [0.25, 0.3) is 0 Å². The van der Waals surface area contributed by atoms with Gasteiger partial charge >= 0.3 is 0 Å². The highest BCUT2D eigenvalue weighted by Gasteiger charge is 2.20. The van der Waals surface area contributed by atoms with Crippen molar-refractivity contribution in [1.29, 1.82) is 0 Å². The van der Waals surface area contributed by atoms with Crippen molar-refractivity contribution in [3.05, 3.63) is 47.3 Å². The quantitative estimate of drug-likeness (QED) is 0.901. The molecule has 1 aromatic carbocycles. The summed E-state index contributed by atoms with van der Waals surface area (Å²) in [5.41, 5.74) is 2.53. The highest BCUT2D eigenvalue weighted by Crippen LogP contribution is 2.24. The largest absolute Gasteiger partial charge is 0.341 e. The van der Waals surface area contributed by atoms with Gasteiger partial charge < -0.3 is 4.90 Å². The zero-order valence-corrected chi connectivity index (χ0v) is 14.8. The van der Waals surface area contributed by atoms with Crippen LogP contribution in [0.4, 0.5) is 11.6 Å². The molecule has 24 heavy (non-hydrogen) atoms. The highest BCUT2D eigenvalue weighted by atomic mass is 32.2. The molecule has 0 atom stereocenters. The molecule has 0 aliphatic carbocycles. The number of nitrogens with zero attached hydrogens (tertiary/aromatic N) is 3. The molecule has 0 amide bonds. The molecule has 1 aliphatic heterocycles. The number of anilines is 2. The Kier molecular flexibility index (Phi) is 4.71. The van der Waals surface area contributed by atoms with Crippen LogP contribution in [0, 0.1) is 13.8 Å². The third-order valence-electron chi connectivity index (χ3n) is 4.10. The van der Waals surface area contributed by atoms with Gasteiger partial charge in [-0.2, -0.15) is 0 Å². The Morgan fingerprint density at radius 3 is 2.21 bits per heavy atom. The molecular weight excluding hydrogens is 324 g/mol. The molecule has 1 fully saturated rings. The molecule has 0 spiro atoms. The van der Waals surface area contributed by atoms with E-state index in [-0.39, 0.29) is 5.75 Å². The Morgan fingerprint density at radius 2 is 1.62 bits per heavy atom. The van der Waals surface area contributed by atoms with Gasteiger partial charge in [0, 0.05) is 13.1 Å². The van der Waals surface area contributed by atoms with E-state index in [1.165, 1.54) is 0 Å². The molecule has 1 aromatic heterocycles. The average molecular weight is 346 g/mol. The van der Waals surface area contributed by atoms with Crippen molar-refractivity contribution < 1.29 is 8.42 Å². The summed E-state index contributed by atoms with van der Waals surface area (Å²) in [7, 11) is -3.51. The van der Waals surface area contributed by atoms with Gasteiger partial charge in [0.15, 0.2) is 0 Å². The van der Waals surface area contributed by atoms with Crippen LogP contribution in [0.2, 0.25) is 0 Å². The summed E-state index contributed by atoms with van der Waals surface area (Å²) in [4.78, 5) is 11.1. The minimum absolute atomic E-state index is 0.0689. The predicted molar refractivity (Wildman–Crippen MR) is 95.6 cm³/mol. The van der Waals surface area contributed by atoms with Crippen molar-refractivity contribution in [1.82, 2.24) is 9.97 Å². The molecule has 0 saturated carbocycles. The Morgan fingerprint density at radius 1 is 1.04 bits per heavy atom. The highest BCUT2D eigenvalue weighted by molar-refractivity contribution is 7.91. The second kappa shape index (κ2) is 6.76. The van der Waals surface area contributed by atoms with Crippen molar-refractivity contribution in [2.45, 2.75) is 32.4 Å². The van der Waals surface area contributed by atoms with E-state index in [9.17, 15) is 8.42 Å². The fourth-order valence-electron chi connectivity index (χ4n) is 2.89. The second-order valence-electron chi connectivity index (χ2n) is 6.11. The van der Waals surface area contributed by atoms with Crippen LogP contribution in [0.1, 0.15) is 29.8 Å². The van der Waals surface area contributed by atoms with E-state index >= 15 is 0 Å². The molecule has 7 heteroatoms. The lowest BCUT2D eigenvalue weighted by molar-refractivity contribution is 0.600. The maximum atomic E-state index is 12.4. The molecule has 0 radical (unpaired) electrons. The third-order valence-corrected chi connectivity index (χ3v) is 5.33. The van der Waals surface area contributed by atoms with E-state index in [4.69, 9.17) is 0 Å². The van der Waals surface area contributed by atoms with Gasteiger partial charge in [-0.25, -0.2) is 18.4 Å². The first-order valence-electron chi connectivity index (χ1n) is 8.09. The minimum Gasteiger partial charge on any atom is -0.341 e. The van der Waals surface area contributed by atoms with Crippen LogP contribution >= 0.6 is 0 Å². The fourth-order valence-corrected chi connectivity index (χ4v) is 4.20. The van der Waals surface area contributed by atoms with E-state index in [0.717, 1.165) is 31.5 Å². The summed E-state index contributed by atoms with van der Waals surface area (Å²) in [6, 6.07) is 9.12. The van der Waals surface area contributed by atoms with Gasteiger partial charge in [-0.3, -0.25) is 4.72 Å². The number of aryl methyl sites for hydroxylation is 2. The summed E-state index contributed by atoms with van der Waals surface area (Å²) in [6.07, 6.45) is 2.29. The van der Waals surface area contributed by atoms with E-state index in [0.29, 0.717) is 23.0 Å². The van der Waals surface area contributed by atoms with E-state index in [2.05, 4.69) is 19.6 Å². The Labute approximate surface area is 143 Å². The summed E-state index contributed by atoms with van der Waals surface area (Å²) >= 11 is 0. The predicted octanol–water partition coefficient (Wildman–Crippen LogP) is 2.64. The number of sulfonamides is 1. The van der Waals surface area contributed by atoms with Crippen molar-refractivity contribution in [2.24, 2.45) is 0 Å². The number of benzene rings is 1. The molecule has 0 unspecified atom stereocenters. The standard InChI is InChI=1S/C17H22N4O2S/c1-13-16(14(2)19-17(18-13)21-10-6-7-11-21)20-24(22,23)12-15-8-4-3-5-9-15/h3-5,8-9,20H,6-7,10-12H2,1-2H3. The molecule has 0 bridgehead atoms. The number of nitrogens with one attached hydrogen (secondary N) is 1. The lowest BCUT2D eigenvalue weighted by Gasteiger charge is -2.19. The molecule has 2 aromatic rings. The zero-order valence-electron chi connectivity index (χ0n) is 14.0. The normalized spacial score (nSPS) is 14.8. The Hall–Kier alpha value is -2.15. The molecule has 1 aliphatic rings. The summed E-state index contributed by atoms with van der Waals surface area (Å²) < 4.78 is 27.5. The van der Waals surface area contributed by atoms with Gasteiger partial charge in [-0.1, -0.05) is 30.3 Å². The molecule has 3 rings (SSSR count). The zero-order chi connectivity index (χ0) is 17.2. The van der Waals surface area contributed by atoms with Crippen LogP contribution in [-0.4, -0.2) is 31.5 Å². The van der Waals surface area contributed by atoms with Crippen LogP contribution < -0.4 is 9.62 Å². The van der Waals surface area contributed by atoms with Gasteiger partial charge in [0.1, 0.15) is 0 Å². The lowest BCUT2D eigenvalue weighted by Crippen LogP contribution is -2.23. The second-order valence-corrected chi connectivity index (χ2v) is 7.83. The fraction of sp³-hybridized carbons (Fsp3) is 0.412. The van der Waals surface area contributed by atoms with Crippen LogP contribution in [0.5, 0.6) is 0 Å². The molecule has 6 nitrogen and oxygen atoms in total. The first-order valence-corrected chi connectivity index (χ1v) is 9.74.